The lowest BCUT2D eigenvalue weighted by Crippen LogP contribution is -2.39. The molecule has 2 aliphatic heterocycles. The van der Waals surface area contributed by atoms with Gasteiger partial charge in [0.2, 0.25) is 0 Å². The van der Waals surface area contributed by atoms with Gasteiger partial charge in [0.05, 0.1) is 19.3 Å². The van der Waals surface area contributed by atoms with E-state index in [0.717, 1.165) is 65.4 Å². The van der Waals surface area contributed by atoms with Gasteiger partial charge in [-0.05, 0) is 12.8 Å². The minimum atomic E-state index is 0.252. The van der Waals surface area contributed by atoms with Gasteiger partial charge in [-0.15, -0.1) is 0 Å². The van der Waals surface area contributed by atoms with Gasteiger partial charge in [0, 0.05) is 39.3 Å². The van der Waals surface area contributed by atoms with Gasteiger partial charge in [-0.1, -0.05) is 0 Å². The number of nitrogens with one attached hydrogen (secondary N) is 2. The zero-order valence-electron chi connectivity index (χ0n) is 13.5. The number of aromatic nitrogens is 2. The van der Waals surface area contributed by atoms with Gasteiger partial charge in [0.15, 0.2) is 11.6 Å². The molecule has 8 nitrogen and oxygen atoms in total. The van der Waals surface area contributed by atoms with Crippen molar-refractivity contribution in [1.82, 2.24) is 14.9 Å². The number of hydrogen-bond donors (Lipinski definition) is 3. The van der Waals surface area contributed by atoms with Crippen molar-refractivity contribution in [2.45, 2.75) is 18.9 Å². The molecule has 3 rings (SSSR count). The lowest BCUT2D eigenvalue weighted by atomic mass is 10.2. The fourth-order valence-corrected chi connectivity index (χ4v) is 2.85. The Hall–Kier alpha value is -1.64. The first-order chi connectivity index (χ1) is 11.3. The van der Waals surface area contributed by atoms with Crippen LogP contribution in [0.5, 0.6) is 0 Å². The molecule has 0 amide bonds. The van der Waals surface area contributed by atoms with Crippen LogP contribution >= 0.6 is 0 Å². The Morgan fingerprint density at radius 2 is 1.96 bits per heavy atom. The largest absolute Gasteiger partial charge is 0.393 e. The van der Waals surface area contributed by atoms with Crippen molar-refractivity contribution in [2.24, 2.45) is 0 Å². The number of nitrogen functional groups attached to an aromatic ring is 1. The van der Waals surface area contributed by atoms with Crippen molar-refractivity contribution in [3.05, 3.63) is 6.33 Å². The second-order valence-electron chi connectivity index (χ2n) is 5.88. The molecular weight excluding hydrogens is 296 g/mol. The van der Waals surface area contributed by atoms with Crippen LogP contribution in [0.25, 0.3) is 0 Å². The molecule has 1 aromatic heterocycles. The molecule has 2 aliphatic rings. The third-order valence-corrected chi connectivity index (χ3v) is 4.23. The van der Waals surface area contributed by atoms with Crippen molar-refractivity contribution in [2.75, 3.05) is 68.9 Å². The van der Waals surface area contributed by atoms with Gasteiger partial charge >= 0.3 is 0 Å². The van der Waals surface area contributed by atoms with Crippen LogP contribution in [-0.2, 0) is 9.47 Å². The lowest BCUT2D eigenvalue weighted by molar-refractivity contribution is 0.0398. The van der Waals surface area contributed by atoms with E-state index in [2.05, 4.69) is 25.5 Å². The van der Waals surface area contributed by atoms with Crippen LogP contribution in [0.1, 0.15) is 12.8 Å². The molecular formula is C15H26N6O2. The van der Waals surface area contributed by atoms with E-state index in [1.807, 2.05) is 0 Å². The molecule has 2 fully saturated rings. The molecule has 23 heavy (non-hydrogen) atoms. The third kappa shape index (κ3) is 4.66. The van der Waals surface area contributed by atoms with E-state index in [-0.39, 0.29) is 6.10 Å². The van der Waals surface area contributed by atoms with Crippen molar-refractivity contribution >= 4 is 17.3 Å². The highest BCUT2D eigenvalue weighted by Crippen LogP contribution is 2.23. The normalized spacial score (nSPS) is 22.2. The number of anilines is 3. The van der Waals surface area contributed by atoms with E-state index in [1.54, 1.807) is 0 Å². The second kappa shape index (κ2) is 8.28. The van der Waals surface area contributed by atoms with E-state index in [9.17, 15) is 0 Å². The molecule has 4 N–H and O–H groups in total. The summed E-state index contributed by atoms with van der Waals surface area (Å²) < 4.78 is 10.9. The molecule has 128 valence electrons. The fraction of sp³-hybridized carbons (Fsp3) is 0.733. The van der Waals surface area contributed by atoms with Gasteiger partial charge in [0.25, 0.3) is 0 Å². The van der Waals surface area contributed by atoms with Crippen molar-refractivity contribution in [3.63, 3.8) is 0 Å². The standard InChI is InChI=1S/C15H26N6O2/c16-13-14(17-3-4-21-5-8-22-9-6-21)19-11-20-15(13)18-10-12-2-1-7-23-12/h11-12H,1-10,16H2,(H2,17,18,19,20). The molecule has 0 saturated carbocycles. The highest BCUT2D eigenvalue weighted by Gasteiger charge is 2.16. The third-order valence-electron chi connectivity index (χ3n) is 4.23. The van der Waals surface area contributed by atoms with Gasteiger partial charge < -0.3 is 25.8 Å². The maximum Gasteiger partial charge on any atom is 0.154 e. The molecule has 0 aromatic carbocycles. The molecule has 0 spiro atoms. The Kier molecular flexibility index (Phi) is 5.84. The van der Waals surface area contributed by atoms with Crippen LogP contribution in [0.2, 0.25) is 0 Å². The molecule has 0 bridgehead atoms. The molecule has 1 unspecified atom stereocenters. The monoisotopic (exact) mass is 322 g/mol. The van der Waals surface area contributed by atoms with Crippen LogP contribution < -0.4 is 16.4 Å². The Labute approximate surface area is 136 Å². The summed E-state index contributed by atoms with van der Waals surface area (Å²) in [5.41, 5.74) is 6.73. The first kappa shape index (κ1) is 16.2. The molecule has 0 radical (unpaired) electrons. The molecule has 3 heterocycles. The van der Waals surface area contributed by atoms with Gasteiger partial charge in [0.1, 0.15) is 12.0 Å². The van der Waals surface area contributed by atoms with E-state index in [4.69, 9.17) is 15.2 Å². The van der Waals surface area contributed by atoms with Crippen molar-refractivity contribution < 1.29 is 9.47 Å². The van der Waals surface area contributed by atoms with E-state index in [1.165, 1.54) is 6.33 Å². The number of hydrogen-bond acceptors (Lipinski definition) is 8. The summed E-state index contributed by atoms with van der Waals surface area (Å²) in [7, 11) is 0. The molecule has 2 saturated heterocycles. The fourth-order valence-electron chi connectivity index (χ4n) is 2.85. The smallest absolute Gasteiger partial charge is 0.154 e. The number of ether oxygens (including phenoxy) is 2. The van der Waals surface area contributed by atoms with Crippen molar-refractivity contribution in [1.29, 1.82) is 0 Å². The average molecular weight is 322 g/mol. The zero-order chi connectivity index (χ0) is 15.9. The summed E-state index contributed by atoms with van der Waals surface area (Å²) >= 11 is 0. The summed E-state index contributed by atoms with van der Waals surface area (Å²) in [5, 5.41) is 6.57. The molecule has 8 heteroatoms. The Morgan fingerprint density at radius 3 is 2.70 bits per heavy atom. The van der Waals surface area contributed by atoms with Gasteiger partial charge in [-0.2, -0.15) is 0 Å². The number of morpholine rings is 1. The quantitative estimate of drug-likeness (QED) is 0.663. The Balaban J connectivity index is 1.47. The number of rotatable bonds is 7. The lowest BCUT2D eigenvalue weighted by Gasteiger charge is -2.26. The summed E-state index contributed by atoms with van der Waals surface area (Å²) in [6.07, 6.45) is 4.00. The second-order valence-corrected chi connectivity index (χ2v) is 5.88. The van der Waals surface area contributed by atoms with E-state index >= 15 is 0 Å². The van der Waals surface area contributed by atoms with E-state index in [0.29, 0.717) is 17.3 Å². The highest BCUT2D eigenvalue weighted by molar-refractivity contribution is 5.73. The molecule has 1 aromatic rings. The molecule has 1 atom stereocenters. The number of nitrogens with two attached hydrogens (primary N) is 1. The highest BCUT2D eigenvalue weighted by atomic mass is 16.5. The first-order valence-electron chi connectivity index (χ1n) is 8.33. The van der Waals surface area contributed by atoms with Crippen LogP contribution in [0, 0.1) is 0 Å². The predicted octanol–water partition coefficient (Wildman–Crippen LogP) is 0.394. The maximum absolute atomic E-state index is 6.16. The van der Waals surface area contributed by atoms with Crippen LogP contribution in [0.15, 0.2) is 6.33 Å². The van der Waals surface area contributed by atoms with Crippen LogP contribution in [0.3, 0.4) is 0 Å². The SMILES string of the molecule is Nc1c(NCCN2CCOCC2)ncnc1NCC1CCCO1. The summed E-state index contributed by atoms with van der Waals surface area (Å²) in [5.74, 6) is 1.35. The summed E-state index contributed by atoms with van der Waals surface area (Å²) in [6, 6.07) is 0. The van der Waals surface area contributed by atoms with Gasteiger partial charge in [-0.25, -0.2) is 9.97 Å². The van der Waals surface area contributed by atoms with Crippen LogP contribution in [0.4, 0.5) is 17.3 Å². The Morgan fingerprint density at radius 1 is 1.17 bits per heavy atom. The first-order valence-corrected chi connectivity index (χ1v) is 8.33. The minimum Gasteiger partial charge on any atom is -0.393 e. The number of nitrogens with zero attached hydrogens (tertiary/aromatic N) is 3. The van der Waals surface area contributed by atoms with E-state index < -0.39 is 0 Å². The summed E-state index contributed by atoms with van der Waals surface area (Å²) in [6.45, 7) is 6.91. The zero-order valence-corrected chi connectivity index (χ0v) is 13.5. The predicted molar refractivity (Wildman–Crippen MR) is 89.7 cm³/mol. The summed E-state index contributed by atoms with van der Waals surface area (Å²) in [4.78, 5) is 10.8. The maximum atomic E-state index is 6.16. The topological polar surface area (TPSA) is 97.6 Å². The van der Waals surface area contributed by atoms with Crippen molar-refractivity contribution in [3.8, 4) is 0 Å². The average Bonchev–Trinajstić information content (AvgIpc) is 3.10. The van der Waals surface area contributed by atoms with Crippen LogP contribution in [-0.4, -0.2) is 73.5 Å². The minimum absolute atomic E-state index is 0.252. The van der Waals surface area contributed by atoms with Gasteiger partial charge in [-0.3, -0.25) is 4.90 Å². The Bertz CT molecular complexity index is 489. The molecule has 0 aliphatic carbocycles.